The summed E-state index contributed by atoms with van der Waals surface area (Å²) in [5.41, 5.74) is 0. The van der Waals surface area contributed by atoms with Crippen molar-refractivity contribution in [2.45, 2.75) is 6.92 Å². The minimum Gasteiger partial charge on any atom is -0.487 e. The van der Waals surface area contributed by atoms with Gasteiger partial charge in [-0.1, -0.05) is 0 Å². The third kappa shape index (κ3) is 3.02. The minimum absolute atomic E-state index is 0.0573. The van der Waals surface area contributed by atoms with E-state index in [0.717, 1.165) is 7.11 Å². The van der Waals surface area contributed by atoms with E-state index < -0.39 is 23.5 Å². The fraction of sp³-hybridized carbons (Fsp3) is 0.429. The van der Waals surface area contributed by atoms with Gasteiger partial charge < -0.3 is 19.7 Å². The molecule has 74 valence electrons. The van der Waals surface area contributed by atoms with Gasteiger partial charge in [-0.15, -0.1) is 0 Å². The van der Waals surface area contributed by atoms with Gasteiger partial charge in [-0.05, 0) is 6.92 Å². The molecule has 0 aromatic heterocycles. The molecule has 13 heavy (non-hydrogen) atoms. The highest BCUT2D eigenvalue weighted by atomic mass is 16.5. The Kier molecular flexibility index (Phi) is 4.36. The van der Waals surface area contributed by atoms with Crippen molar-refractivity contribution < 1.29 is 29.3 Å². The van der Waals surface area contributed by atoms with Crippen LogP contribution in [0.2, 0.25) is 0 Å². The van der Waals surface area contributed by atoms with Crippen molar-refractivity contribution >= 4 is 11.9 Å². The van der Waals surface area contributed by atoms with Crippen molar-refractivity contribution in [2.75, 3.05) is 13.7 Å². The molecule has 0 aliphatic carbocycles. The second kappa shape index (κ2) is 5.02. The van der Waals surface area contributed by atoms with Gasteiger partial charge in [0.05, 0.1) is 13.7 Å². The molecule has 0 radical (unpaired) electrons. The Hall–Kier alpha value is -1.72. The van der Waals surface area contributed by atoms with Crippen LogP contribution in [0, 0.1) is 0 Å². The van der Waals surface area contributed by atoms with E-state index in [0.29, 0.717) is 0 Å². The highest BCUT2D eigenvalue weighted by Crippen LogP contribution is 2.07. The maximum atomic E-state index is 10.5. The summed E-state index contributed by atoms with van der Waals surface area (Å²) in [6, 6.07) is 0. The zero-order valence-corrected chi connectivity index (χ0v) is 7.23. The van der Waals surface area contributed by atoms with Crippen molar-refractivity contribution in [3.63, 3.8) is 0 Å². The number of carbonyl (C=O) groups is 2. The highest BCUT2D eigenvalue weighted by Gasteiger charge is 2.22. The summed E-state index contributed by atoms with van der Waals surface area (Å²) in [6.45, 7) is 1.60. The topological polar surface area (TPSA) is 93.1 Å². The van der Waals surface area contributed by atoms with Gasteiger partial charge in [0.25, 0.3) is 11.5 Å². The van der Waals surface area contributed by atoms with Gasteiger partial charge in [0.15, 0.2) is 0 Å². The first-order chi connectivity index (χ1) is 6.04. The lowest BCUT2D eigenvalue weighted by molar-refractivity contribution is -0.141. The second-order valence-electron chi connectivity index (χ2n) is 1.91. The van der Waals surface area contributed by atoms with Crippen molar-refractivity contribution in [1.29, 1.82) is 0 Å². The predicted molar refractivity (Wildman–Crippen MR) is 40.9 cm³/mol. The van der Waals surface area contributed by atoms with E-state index in [2.05, 4.69) is 9.47 Å². The third-order valence-corrected chi connectivity index (χ3v) is 1.09. The minimum atomic E-state index is -1.48. The van der Waals surface area contributed by atoms with Gasteiger partial charge in [0.1, 0.15) is 0 Å². The van der Waals surface area contributed by atoms with Crippen molar-refractivity contribution in [1.82, 2.24) is 0 Å². The van der Waals surface area contributed by atoms with E-state index in [1.54, 1.807) is 0 Å². The molecule has 0 amide bonds. The molecule has 6 nitrogen and oxygen atoms in total. The molecule has 6 heteroatoms. The molecule has 0 aliphatic rings. The summed E-state index contributed by atoms with van der Waals surface area (Å²) >= 11 is 0. The Morgan fingerprint density at radius 3 is 1.85 bits per heavy atom. The van der Waals surface area contributed by atoms with Crippen molar-refractivity contribution in [2.24, 2.45) is 0 Å². The second-order valence-corrected chi connectivity index (χ2v) is 1.91. The van der Waals surface area contributed by atoms with Crippen LogP contribution in [-0.4, -0.2) is 35.9 Å². The lowest BCUT2D eigenvalue weighted by Gasteiger charge is -2.06. The number of carboxylic acid groups (broad SMARTS) is 2. The van der Waals surface area contributed by atoms with Crippen LogP contribution in [0.15, 0.2) is 11.5 Å². The average Bonchev–Trinajstić information content (AvgIpc) is 2.03. The lowest BCUT2D eigenvalue weighted by atomic mass is 10.4. The molecular weight excluding hydrogens is 180 g/mol. The van der Waals surface area contributed by atoms with Crippen LogP contribution in [0.3, 0.4) is 0 Å². The molecule has 2 N–H and O–H groups in total. The molecule has 0 rings (SSSR count). The Labute approximate surface area is 74.4 Å². The SMILES string of the molecule is CCOC(C(=O)O)=C(OC)C(=O)O. The monoisotopic (exact) mass is 190 g/mol. The maximum Gasteiger partial charge on any atom is 0.375 e. The Bertz CT molecular complexity index is 241. The quantitative estimate of drug-likeness (QED) is 0.470. The molecule has 0 heterocycles. The summed E-state index contributed by atoms with van der Waals surface area (Å²) in [6.07, 6.45) is 0. The molecular formula is C7H10O6. The lowest BCUT2D eigenvalue weighted by Crippen LogP contribution is -2.15. The molecule has 0 spiro atoms. The number of carboxylic acids is 2. The van der Waals surface area contributed by atoms with E-state index in [9.17, 15) is 9.59 Å². The zero-order valence-electron chi connectivity index (χ0n) is 7.23. The van der Waals surface area contributed by atoms with Crippen LogP contribution in [0.25, 0.3) is 0 Å². The maximum absolute atomic E-state index is 10.5. The standard InChI is InChI=1S/C7H10O6/c1-3-13-5(7(10)11)4(12-2)6(8)9/h3H2,1-2H3,(H,8,9)(H,10,11). The first kappa shape index (κ1) is 11.3. The van der Waals surface area contributed by atoms with Gasteiger partial charge in [0.2, 0.25) is 0 Å². The zero-order chi connectivity index (χ0) is 10.4. The predicted octanol–water partition coefficient (Wildman–Crippen LogP) is 0.0501. The largest absolute Gasteiger partial charge is 0.487 e. The van der Waals surface area contributed by atoms with E-state index in [4.69, 9.17) is 10.2 Å². The van der Waals surface area contributed by atoms with Crippen LogP contribution in [-0.2, 0) is 19.1 Å². The van der Waals surface area contributed by atoms with Gasteiger partial charge in [-0.2, -0.15) is 0 Å². The summed E-state index contributed by atoms with van der Waals surface area (Å²) < 4.78 is 8.95. The number of ether oxygens (including phenoxy) is 2. The van der Waals surface area contributed by atoms with E-state index in [-0.39, 0.29) is 6.61 Å². The molecule has 0 unspecified atom stereocenters. The fourth-order valence-electron chi connectivity index (χ4n) is 0.646. The first-order valence-corrected chi connectivity index (χ1v) is 3.42. The summed E-state index contributed by atoms with van der Waals surface area (Å²) in [5.74, 6) is -4.36. The number of hydrogen-bond donors (Lipinski definition) is 2. The molecule has 0 saturated heterocycles. The van der Waals surface area contributed by atoms with Crippen molar-refractivity contribution in [3.8, 4) is 0 Å². The van der Waals surface area contributed by atoms with Crippen LogP contribution >= 0.6 is 0 Å². The Balaban J connectivity index is 5.00. The van der Waals surface area contributed by atoms with Gasteiger partial charge in [-0.3, -0.25) is 0 Å². The van der Waals surface area contributed by atoms with Crippen LogP contribution in [0.5, 0.6) is 0 Å². The van der Waals surface area contributed by atoms with Crippen LogP contribution in [0.1, 0.15) is 6.92 Å². The van der Waals surface area contributed by atoms with E-state index in [1.165, 1.54) is 6.92 Å². The van der Waals surface area contributed by atoms with Crippen LogP contribution in [0.4, 0.5) is 0 Å². The molecule has 0 fully saturated rings. The first-order valence-electron chi connectivity index (χ1n) is 3.42. The molecule has 0 atom stereocenters. The van der Waals surface area contributed by atoms with Gasteiger partial charge in [0, 0.05) is 0 Å². The summed E-state index contributed by atoms with van der Waals surface area (Å²) in [4.78, 5) is 20.9. The molecule has 0 aliphatic heterocycles. The molecule has 0 aromatic carbocycles. The number of hydrogen-bond acceptors (Lipinski definition) is 4. The smallest absolute Gasteiger partial charge is 0.375 e. The van der Waals surface area contributed by atoms with Crippen molar-refractivity contribution in [3.05, 3.63) is 11.5 Å². The fourth-order valence-corrected chi connectivity index (χ4v) is 0.646. The summed E-state index contributed by atoms with van der Waals surface area (Å²) in [7, 11) is 1.06. The van der Waals surface area contributed by atoms with Gasteiger partial charge in [-0.25, -0.2) is 9.59 Å². The number of rotatable bonds is 5. The number of methoxy groups -OCH3 is 1. The number of aliphatic carboxylic acids is 2. The normalized spacial score (nSPS) is 11.5. The Morgan fingerprint density at radius 2 is 1.62 bits per heavy atom. The third-order valence-electron chi connectivity index (χ3n) is 1.09. The Morgan fingerprint density at radius 1 is 1.15 bits per heavy atom. The average molecular weight is 190 g/mol. The van der Waals surface area contributed by atoms with E-state index >= 15 is 0 Å². The molecule has 0 saturated carbocycles. The van der Waals surface area contributed by atoms with Crippen LogP contribution < -0.4 is 0 Å². The molecule has 0 aromatic rings. The summed E-state index contributed by atoms with van der Waals surface area (Å²) in [5, 5.41) is 17.0. The van der Waals surface area contributed by atoms with Gasteiger partial charge >= 0.3 is 11.9 Å². The van der Waals surface area contributed by atoms with E-state index in [1.807, 2.05) is 0 Å². The molecule has 0 bridgehead atoms. The highest BCUT2D eigenvalue weighted by molar-refractivity contribution is 5.95.